The molecule has 2 aromatic heterocycles. The lowest BCUT2D eigenvalue weighted by atomic mass is 10.1. The molecule has 3 aromatic rings. The number of aryl methyl sites for hydroxylation is 1. The third-order valence-corrected chi connectivity index (χ3v) is 5.79. The van der Waals surface area contributed by atoms with E-state index in [0.717, 1.165) is 79.9 Å². The van der Waals surface area contributed by atoms with Crippen molar-refractivity contribution in [2.24, 2.45) is 12.0 Å². The van der Waals surface area contributed by atoms with E-state index >= 15 is 0 Å². The van der Waals surface area contributed by atoms with Crippen LogP contribution in [0.2, 0.25) is 0 Å². The van der Waals surface area contributed by atoms with Crippen molar-refractivity contribution in [3.05, 3.63) is 53.7 Å². The average molecular weight is 437 g/mol. The molecule has 1 aromatic carbocycles. The van der Waals surface area contributed by atoms with Gasteiger partial charge in [0.2, 0.25) is 0 Å². The number of hydrogen-bond donors (Lipinski definition) is 2. The first-order valence-electron chi connectivity index (χ1n) is 11.2. The fraction of sp³-hybridized carbons (Fsp3) is 0.478. The first-order chi connectivity index (χ1) is 15.7. The van der Waals surface area contributed by atoms with Crippen molar-refractivity contribution < 1.29 is 4.74 Å². The minimum atomic E-state index is 0.559. The van der Waals surface area contributed by atoms with Gasteiger partial charge in [-0.25, -0.2) is 4.99 Å². The molecule has 3 heterocycles. The summed E-state index contributed by atoms with van der Waals surface area (Å²) in [4.78, 5) is 11.8. The molecule has 4 rings (SSSR count). The molecule has 1 saturated heterocycles. The van der Waals surface area contributed by atoms with Crippen LogP contribution in [0.25, 0.3) is 10.9 Å². The maximum atomic E-state index is 5.43. The summed E-state index contributed by atoms with van der Waals surface area (Å²) in [5.74, 6) is 2.54. The number of guanidine groups is 1. The second-order valence-electron chi connectivity index (χ2n) is 7.96. The molecule has 9 heteroatoms. The van der Waals surface area contributed by atoms with E-state index in [0.29, 0.717) is 13.1 Å². The fourth-order valence-electron chi connectivity index (χ4n) is 3.73. The maximum absolute atomic E-state index is 5.43. The quantitative estimate of drug-likeness (QED) is 0.315. The molecule has 0 radical (unpaired) electrons. The van der Waals surface area contributed by atoms with Gasteiger partial charge in [0.25, 0.3) is 0 Å². The Morgan fingerprint density at radius 3 is 2.78 bits per heavy atom. The van der Waals surface area contributed by atoms with Crippen molar-refractivity contribution in [3.63, 3.8) is 0 Å². The molecular formula is C23H32N8O. The van der Waals surface area contributed by atoms with Gasteiger partial charge >= 0.3 is 0 Å². The molecule has 0 amide bonds. The molecule has 1 aliphatic rings. The zero-order valence-electron chi connectivity index (χ0n) is 18.9. The number of para-hydroxylation sites is 1. The van der Waals surface area contributed by atoms with Gasteiger partial charge in [-0.15, -0.1) is 10.2 Å². The SMILES string of the molecule is Cc1nnc(CNC(=NCc2ccnc3ccccc23)NCCCN2CCOCC2)n1C. The third kappa shape index (κ3) is 5.80. The standard InChI is InChI=1S/C23H32N8O/c1-18-28-29-22(30(18)2)17-27-23(25-9-5-11-31-12-14-32-15-13-31)26-16-19-8-10-24-21-7-4-3-6-20(19)21/h3-4,6-8,10H,5,9,11-17H2,1-2H3,(H2,25,26,27). The van der Waals surface area contributed by atoms with E-state index < -0.39 is 0 Å². The zero-order valence-corrected chi connectivity index (χ0v) is 18.9. The smallest absolute Gasteiger partial charge is 0.191 e. The molecule has 2 N–H and O–H groups in total. The molecule has 0 atom stereocenters. The van der Waals surface area contributed by atoms with E-state index in [9.17, 15) is 0 Å². The number of nitrogens with one attached hydrogen (secondary N) is 2. The van der Waals surface area contributed by atoms with E-state index in [4.69, 9.17) is 9.73 Å². The first-order valence-corrected chi connectivity index (χ1v) is 11.2. The topological polar surface area (TPSA) is 92.5 Å². The van der Waals surface area contributed by atoms with Crippen LogP contribution in [0.1, 0.15) is 23.6 Å². The first kappa shape index (κ1) is 22.2. The summed E-state index contributed by atoms with van der Waals surface area (Å²) < 4.78 is 7.42. The Kier molecular flexibility index (Phi) is 7.63. The number of morpholine rings is 1. The minimum Gasteiger partial charge on any atom is -0.379 e. The van der Waals surface area contributed by atoms with E-state index in [-0.39, 0.29) is 0 Å². The Morgan fingerprint density at radius 2 is 1.97 bits per heavy atom. The van der Waals surface area contributed by atoms with Gasteiger partial charge in [-0.1, -0.05) is 18.2 Å². The Labute approximate surface area is 188 Å². The van der Waals surface area contributed by atoms with Crippen molar-refractivity contribution in [1.29, 1.82) is 0 Å². The number of pyridine rings is 1. The Bertz CT molecular complexity index is 1040. The number of aromatic nitrogens is 4. The van der Waals surface area contributed by atoms with Gasteiger partial charge in [0.1, 0.15) is 5.82 Å². The van der Waals surface area contributed by atoms with Gasteiger partial charge in [0.15, 0.2) is 11.8 Å². The van der Waals surface area contributed by atoms with Gasteiger partial charge in [0.05, 0.1) is 31.8 Å². The van der Waals surface area contributed by atoms with Crippen LogP contribution in [0.5, 0.6) is 0 Å². The van der Waals surface area contributed by atoms with Crippen LogP contribution < -0.4 is 10.6 Å². The number of aliphatic imine (C=N–C) groups is 1. The lowest BCUT2D eigenvalue weighted by molar-refractivity contribution is 0.0376. The molecule has 170 valence electrons. The molecule has 1 aliphatic heterocycles. The molecule has 0 unspecified atom stereocenters. The highest BCUT2D eigenvalue weighted by Crippen LogP contribution is 2.16. The molecule has 0 spiro atoms. The number of benzene rings is 1. The summed E-state index contributed by atoms with van der Waals surface area (Å²) in [6.07, 6.45) is 2.89. The second-order valence-corrected chi connectivity index (χ2v) is 7.96. The summed E-state index contributed by atoms with van der Waals surface area (Å²) in [6, 6.07) is 10.2. The fourth-order valence-corrected chi connectivity index (χ4v) is 3.73. The van der Waals surface area contributed by atoms with E-state index in [1.54, 1.807) is 0 Å². The molecule has 1 fully saturated rings. The number of rotatable bonds is 8. The van der Waals surface area contributed by atoms with Gasteiger partial charge in [0, 0.05) is 38.3 Å². The molecule has 0 aliphatic carbocycles. The zero-order chi connectivity index (χ0) is 22.2. The molecular weight excluding hydrogens is 404 g/mol. The van der Waals surface area contributed by atoms with Gasteiger partial charge in [-0.3, -0.25) is 9.88 Å². The maximum Gasteiger partial charge on any atom is 0.191 e. The minimum absolute atomic E-state index is 0.559. The Morgan fingerprint density at radius 1 is 1.12 bits per heavy atom. The van der Waals surface area contributed by atoms with Crippen molar-refractivity contribution in [2.45, 2.75) is 26.4 Å². The predicted octanol–water partition coefficient (Wildman–Crippen LogP) is 1.63. The largest absolute Gasteiger partial charge is 0.379 e. The monoisotopic (exact) mass is 436 g/mol. The third-order valence-electron chi connectivity index (χ3n) is 5.79. The molecule has 0 saturated carbocycles. The van der Waals surface area contributed by atoms with Crippen molar-refractivity contribution in [2.75, 3.05) is 39.4 Å². The average Bonchev–Trinajstić information content (AvgIpc) is 3.16. The lowest BCUT2D eigenvalue weighted by Gasteiger charge is -2.26. The van der Waals surface area contributed by atoms with Crippen LogP contribution in [-0.4, -0.2) is 70.0 Å². The summed E-state index contributed by atoms with van der Waals surface area (Å²) in [7, 11) is 1.97. The van der Waals surface area contributed by atoms with Gasteiger partial charge in [-0.2, -0.15) is 0 Å². The van der Waals surface area contributed by atoms with E-state index in [1.807, 2.05) is 49.0 Å². The second kappa shape index (κ2) is 11.0. The summed E-state index contributed by atoms with van der Waals surface area (Å²) >= 11 is 0. The highest BCUT2D eigenvalue weighted by Gasteiger charge is 2.10. The lowest BCUT2D eigenvalue weighted by Crippen LogP contribution is -2.40. The van der Waals surface area contributed by atoms with Crippen LogP contribution in [0.15, 0.2) is 41.5 Å². The van der Waals surface area contributed by atoms with Crippen LogP contribution in [0.4, 0.5) is 0 Å². The van der Waals surface area contributed by atoms with Crippen LogP contribution >= 0.6 is 0 Å². The number of fused-ring (bicyclic) bond motifs is 1. The van der Waals surface area contributed by atoms with Crippen molar-refractivity contribution in [1.82, 2.24) is 35.3 Å². The Hall–Kier alpha value is -3.04. The summed E-state index contributed by atoms with van der Waals surface area (Å²) in [5.41, 5.74) is 2.14. The van der Waals surface area contributed by atoms with Crippen LogP contribution in [-0.2, 0) is 24.9 Å². The predicted molar refractivity (Wildman–Crippen MR) is 125 cm³/mol. The van der Waals surface area contributed by atoms with Crippen LogP contribution in [0.3, 0.4) is 0 Å². The highest BCUT2D eigenvalue weighted by molar-refractivity contribution is 5.83. The number of ether oxygens (including phenoxy) is 1. The van der Waals surface area contributed by atoms with E-state index in [1.165, 1.54) is 0 Å². The molecule has 0 bridgehead atoms. The molecule has 9 nitrogen and oxygen atoms in total. The number of hydrogen-bond acceptors (Lipinski definition) is 6. The van der Waals surface area contributed by atoms with Crippen molar-refractivity contribution >= 4 is 16.9 Å². The number of nitrogens with zero attached hydrogens (tertiary/aromatic N) is 6. The highest BCUT2D eigenvalue weighted by atomic mass is 16.5. The Balaban J connectivity index is 1.40. The normalized spacial score (nSPS) is 15.2. The van der Waals surface area contributed by atoms with Gasteiger partial charge < -0.3 is 19.9 Å². The molecule has 32 heavy (non-hydrogen) atoms. The summed E-state index contributed by atoms with van der Waals surface area (Å²) in [6.45, 7) is 8.67. The van der Waals surface area contributed by atoms with Gasteiger partial charge in [-0.05, 0) is 37.6 Å². The van der Waals surface area contributed by atoms with Crippen molar-refractivity contribution in [3.8, 4) is 0 Å². The van der Waals surface area contributed by atoms with Crippen LogP contribution in [0, 0.1) is 6.92 Å². The van der Waals surface area contributed by atoms with E-state index in [2.05, 4.69) is 36.8 Å². The summed E-state index contributed by atoms with van der Waals surface area (Å²) in [5, 5.41) is 16.4.